The van der Waals surface area contributed by atoms with Crippen molar-refractivity contribution in [2.45, 2.75) is 18.5 Å². The lowest BCUT2D eigenvalue weighted by Crippen LogP contribution is -2.12. The first kappa shape index (κ1) is 17.8. The first-order valence-corrected chi connectivity index (χ1v) is 7.87. The quantitative estimate of drug-likeness (QED) is 0.539. The van der Waals surface area contributed by atoms with E-state index in [1.54, 1.807) is 12.1 Å². The molecule has 8 heteroatoms. The largest absolute Gasteiger partial charge is 0.496 e. The van der Waals surface area contributed by atoms with Crippen molar-refractivity contribution in [2.24, 2.45) is 5.92 Å². The maximum Gasteiger partial charge on any atom is 0.422 e. The minimum atomic E-state index is -4.67. The molecule has 2 atom stereocenters. The SMILES string of the molecule is COc1cccc(F)c1[C@H]1C[C@@H]1COc1ccnc(Cl)c1C(F)(F)F. The zero-order valence-electron chi connectivity index (χ0n) is 13.1. The number of pyridine rings is 1. The van der Waals surface area contributed by atoms with Crippen molar-refractivity contribution >= 4 is 11.6 Å². The number of halogens is 5. The molecule has 0 bridgehead atoms. The Morgan fingerprint density at radius 3 is 2.68 bits per heavy atom. The van der Waals surface area contributed by atoms with E-state index in [9.17, 15) is 17.6 Å². The van der Waals surface area contributed by atoms with Crippen LogP contribution in [0.25, 0.3) is 0 Å². The van der Waals surface area contributed by atoms with Crippen LogP contribution in [0.3, 0.4) is 0 Å². The van der Waals surface area contributed by atoms with Gasteiger partial charge < -0.3 is 9.47 Å². The molecule has 1 fully saturated rings. The van der Waals surface area contributed by atoms with Gasteiger partial charge in [0.05, 0.1) is 13.7 Å². The van der Waals surface area contributed by atoms with Crippen LogP contribution in [-0.4, -0.2) is 18.7 Å². The molecule has 0 unspecified atom stereocenters. The summed E-state index contributed by atoms with van der Waals surface area (Å²) in [5, 5.41) is -0.659. The van der Waals surface area contributed by atoms with Crippen LogP contribution < -0.4 is 9.47 Å². The summed E-state index contributed by atoms with van der Waals surface area (Å²) in [4.78, 5) is 3.45. The van der Waals surface area contributed by atoms with Crippen LogP contribution in [0.5, 0.6) is 11.5 Å². The summed E-state index contributed by atoms with van der Waals surface area (Å²) in [5.41, 5.74) is -0.667. The van der Waals surface area contributed by atoms with E-state index in [-0.39, 0.29) is 24.2 Å². The molecule has 1 aliphatic rings. The number of aromatic nitrogens is 1. The molecule has 1 aromatic carbocycles. The third-order valence-electron chi connectivity index (χ3n) is 4.13. The second-order valence-electron chi connectivity index (χ2n) is 5.74. The number of alkyl halides is 3. The minimum Gasteiger partial charge on any atom is -0.496 e. The predicted molar refractivity (Wildman–Crippen MR) is 83.5 cm³/mol. The summed E-state index contributed by atoms with van der Waals surface area (Å²) < 4.78 is 63.7. The summed E-state index contributed by atoms with van der Waals surface area (Å²) in [6.45, 7) is 0.0194. The number of benzene rings is 1. The van der Waals surface area contributed by atoms with Crippen LogP contribution >= 0.6 is 11.6 Å². The fourth-order valence-corrected chi connectivity index (χ4v) is 3.09. The zero-order valence-corrected chi connectivity index (χ0v) is 13.9. The van der Waals surface area contributed by atoms with E-state index >= 15 is 0 Å². The van der Waals surface area contributed by atoms with Crippen LogP contribution in [0, 0.1) is 11.7 Å². The molecule has 134 valence electrons. The second-order valence-corrected chi connectivity index (χ2v) is 6.10. The van der Waals surface area contributed by atoms with E-state index < -0.39 is 22.7 Å². The lowest BCUT2D eigenvalue weighted by molar-refractivity contribution is -0.139. The van der Waals surface area contributed by atoms with Crippen molar-refractivity contribution in [3.63, 3.8) is 0 Å². The Kier molecular flexibility index (Phi) is 4.77. The first-order valence-electron chi connectivity index (χ1n) is 7.49. The maximum absolute atomic E-state index is 14.0. The lowest BCUT2D eigenvalue weighted by Gasteiger charge is -2.15. The minimum absolute atomic E-state index is 0.0194. The van der Waals surface area contributed by atoms with Gasteiger partial charge in [-0.1, -0.05) is 17.7 Å². The second kappa shape index (κ2) is 6.71. The maximum atomic E-state index is 14.0. The van der Waals surface area contributed by atoms with Crippen LogP contribution in [-0.2, 0) is 6.18 Å². The van der Waals surface area contributed by atoms with Crippen LogP contribution in [0.2, 0.25) is 5.15 Å². The Balaban J connectivity index is 1.73. The van der Waals surface area contributed by atoms with Crippen molar-refractivity contribution in [2.75, 3.05) is 13.7 Å². The molecule has 25 heavy (non-hydrogen) atoms. The molecule has 3 nitrogen and oxygen atoms in total. The molecule has 2 aromatic rings. The number of methoxy groups -OCH3 is 1. The standard InChI is InChI=1S/C17H14ClF4NO2/c1-24-12-4-2-3-11(19)14(12)10-7-9(10)8-25-13-5-6-23-16(18)15(13)17(20,21)22/h2-6,9-10H,7-8H2,1H3/t9-,10+/m1/s1. The van der Waals surface area contributed by atoms with Gasteiger partial charge in [-0.3, -0.25) is 0 Å². The molecule has 1 saturated carbocycles. The van der Waals surface area contributed by atoms with Gasteiger partial charge in [-0.25, -0.2) is 9.37 Å². The Hall–Kier alpha value is -2.02. The summed E-state index contributed by atoms with van der Waals surface area (Å²) in [6, 6.07) is 5.65. The van der Waals surface area contributed by atoms with Gasteiger partial charge in [0.2, 0.25) is 0 Å². The van der Waals surface area contributed by atoms with E-state index in [0.29, 0.717) is 17.7 Å². The molecule has 0 N–H and O–H groups in total. The molecule has 0 spiro atoms. The summed E-state index contributed by atoms with van der Waals surface area (Å²) >= 11 is 5.55. The highest BCUT2D eigenvalue weighted by atomic mass is 35.5. The molecular formula is C17H14ClF4NO2. The monoisotopic (exact) mass is 375 g/mol. The Morgan fingerprint density at radius 2 is 2.00 bits per heavy atom. The van der Waals surface area contributed by atoms with Crippen LogP contribution in [0.4, 0.5) is 17.6 Å². The predicted octanol–water partition coefficient (Wildman–Crippen LogP) is 5.08. The van der Waals surface area contributed by atoms with E-state index in [2.05, 4.69) is 4.98 Å². The van der Waals surface area contributed by atoms with Gasteiger partial charge in [0.1, 0.15) is 28.0 Å². The van der Waals surface area contributed by atoms with Gasteiger partial charge in [0.15, 0.2) is 0 Å². The highest BCUT2D eigenvalue weighted by Crippen LogP contribution is 2.51. The number of hydrogen-bond acceptors (Lipinski definition) is 3. The first-order chi connectivity index (χ1) is 11.8. The molecule has 3 rings (SSSR count). The highest BCUT2D eigenvalue weighted by molar-refractivity contribution is 6.30. The number of nitrogens with zero attached hydrogens (tertiary/aromatic N) is 1. The smallest absolute Gasteiger partial charge is 0.422 e. The molecule has 0 aliphatic heterocycles. The van der Waals surface area contributed by atoms with Crippen molar-refractivity contribution in [3.05, 3.63) is 52.6 Å². The average Bonchev–Trinajstić information content (AvgIpc) is 3.30. The summed E-state index contributed by atoms with van der Waals surface area (Å²) in [6.07, 6.45) is -2.91. The van der Waals surface area contributed by atoms with Crippen molar-refractivity contribution < 1.29 is 27.0 Å². The molecule has 0 amide bonds. The van der Waals surface area contributed by atoms with Gasteiger partial charge in [0.25, 0.3) is 0 Å². The lowest BCUT2D eigenvalue weighted by atomic mass is 10.1. The van der Waals surface area contributed by atoms with E-state index in [1.807, 2.05) is 0 Å². The third kappa shape index (κ3) is 3.66. The Morgan fingerprint density at radius 1 is 1.24 bits per heavy atom. The molecule has 0 saturated heterocycles. The van der Waals surface area contributed by atoms with Gasteiger partial charge in [-0.05, 0) is 30.5 Å². The summed E-state index contributed by atoms with van der Waals surface area (Å²) in [5.74, 6) is -0.592. The average molecular weight is 376 g/mol. The number of hydrogen-bond donors (Lipinski definition) is 0. The van der Waals surface area contributed by atoms with Crippen molar-refractivity contribution in [1.82, 2.24) is 4.98 Å². The normalized spacial score (nSPS) is 19.6. The fourth-order valence-electron chi connectivity index (χ4n) is 2.83. The Bertz CT molecular complexity index is 782. The van der Waals surface area contributed by atoms with Crippen LogP contribution in [0.1, 0.15) is 23.5 Å². The highest BCUT2D eigenvalue weighted by Gasteiger charge is 2.43. The molecule has 0 radical (unpaired) electrons. The number of rotatable bonds is 5. The summed E-state index contributed by atoms with van der Waals surface area (Å²) in [7, 11) is 1.45. The van der Waals surface area contributed by atoms with Gasteiger partial charge in [-0.15, -0.1) is 0 Å². The Labute approximate surface area is 146 Å². The van der Waals surface area contributed by atoms with Crippen molar-refractivity contribution in [1.29, 1.82) is 0 Å². The van der Waals surface area contributed by atoms with E-state index in [4.69, 9.17) is 21.1 Å². The zero-order chi connectivity index (χ0) is 18.2. The number of ether oxygens (including phenoxy) is 2. The van der Waals surface area contributed by atoms with Crippen molar-refractivity contribution in [3.8, 4) is 11.5 Å². The van der Waals surface area contributed by atoms with E-state index in [1.165, 1.54) is 13.2 Å². The van der Waals surface area contributed by atoms with Gasteiger partial charge in [-0.2, -0.15) is 13.2 Å². The molecule has 1 aliphatic carbocycles. The molecular weight excluding hydrogens is 362 g/mol. The van der Waals surface area contributed by atoms with Gasteiger partial charge >= 0.3 is 6.18 Å². The van der Waals surface area contributed by atoms with Gasteiger partial charge in [0, 0.05) is 17.7 Å². The van der Waals surface area contributed by atoms with E-state index in [0.717, 1.165) is 12.3 Å². The topological polar surface area (TPSA) is 31.4 Å². The third-order valence-corrected chi connectivity index (χ3v) is 4.42. The fraction of sp³-hybridized carbons (Fsp3) is 0.353. The molecule has 1 aromatic heterocycles. The van der Waals surface area contributed by atoms with Crippen LogP contribution in [0.15, 0.2) is 30.5 Å². The molecule has 1 heterocycles.